The minimum absolute atomic E-state index is 0.204. The number of carbonyl (C=O) groups is 2. The smallest absolute Gasteiger partial charge is 0.341 e. The third kappa shape index (κ3) is 5.41. The summed E-state index contributed by atoms with van der Waals surface area (Å²) in [5.74, 6) is -1.20. The highest BCUT2D eigenvalue weighted by Gasteiger charge is 2.35. The van der Waals surface area contributed by atoms with Crippen molar-refractivity contribution in [3.8, 4) is 16.9 Å². The molecular formula is C32H37FN2O7. The van der Waals surface area contributed by atoms with Crippen molar-refractivity contribution in [1.82, 2.24) is 9.47 Å². The van der Waals surface area contributed by atoms with E-state index in [4.69, 9.17) is 18.9 Å². The molecule has 2 aliphatic heterocycles. The first-order valence-electron chi connectivity index (χ1n) is 14.2. The van der Waals surface area contributed by atoms with E-state index in [-0.39, 0.29) is 22.7 Å². The molecule has 0 aliphatic carbocycles. The molecule has 1 amide bonds. The third-order valence-corrected chi connectivity index (χ3v) is 7.83. The zero-order valence-corrected chi connectivity index (χ0v) is 25.0. The molecule has 1 saturated heterocycles. The van der Waals surface area contributed by atoms with Gasteiger partial charge in [-0.1, -0.05) is 6.07 Å². The maximum Gasteiger partial charge on any atom is 0.341 e. The highest BCUT2D eigenvalue weighted by Crippen LogP contribution is 2.43. The second-order valence-electron chi connectivity index (χ2n) is 11.7. The van der Waals surface area contributed by atoms with Crippen LogP contribution < -0.4 is 10.3 Å². The second-order valence-corrected chi connectivity index (χ2v) is 11.7. The lowest BCUT2D eigenvalue weighted by Gasteiger charge is -2.30. The molecule has 1 aromatic heterocycles. The zero-order valence-electron chi connectivity index (χ0n) is 25.0. The fraction of sp³-hybridized carbons (Fsp3) is 0.469. The maximum absolute atomic E-state index is 15.6. The number of hydrogen-bond donors (Lipinski definition) is 0. The van der Waals surface area contributed by atoms with Crippen LogP contribution in [0.5, 0.6) is 5.75 Å². The number of fused-ring (bicyclic) bond motifs is 2. The lowest BCUT2D eigenvalue weighted by atomic mass is 9.87. The van der Waals surface area contributed by atoms with Crippen molar-refractivity contribution in [3.05, 3.63) is 62.8 Å². The van der Waals surface area contributed by atoms with E-state index in [9.17, 15) is 14.4 Å². The molecule has 0 radical (unpaired) electrons. The van der Waals surface area contributed by atoms with Crippen LogP contribution in [0.25, 0.3) is 21.9 Å². The van der Waals surface area contributed by atoms with Crippen LogP contribution in [0.15, 0.2) is 29.1 Å². The molecule has 1 fully saturated rings. The standard InChI is InChI=1S/C32H37FN2O7/c1-18-20-8-7-13-41-27(20)24(33)17-22(18)25-21-10-9-19(29(36)35-11-14-40-15-12-35)16-23(21)30(37)34(5)26(25)28(31(38)39-6)42-32(2,3)4/h9-10,16-17,28H,7-8,11-15H2,1-6H3. The first kappa shape index (κ1) is 29.7. The summed E-state index contributed by atoms with van der Waals surface area (Å²) in [5, 5.41) is 0.737. The summed E-state index contributed by atoms with van der Waals surface area (Å²) in [7, 11) is 2.80. The van der Waals surface area contributed by atoms with Crippen LogP contribution in [-0.2, 0) is 32.5 Å². The summed E-state index contributed by atoms with van der Waals surface area (Å²) in [6.07, 6.45) is 0.0708. The number of ether oxygens (including phenoxy) is 4. The van der Waals surface area contributed by atoms with Crippen molar-refractivity contribution in [2.45, 2.75) is 52.2 Å². The molecule has 1 unspecified atom stereocenters. The molecule has 9 nitrogen and oxygen atoms in total. The molecule has 0 bridgehead atoms. The predicted octanol–water partition coefficient (Wildman–Crippen LogP) is 4.48. The van der Waals surface area contributed by atoms with Gasteiger partial charge in [0.2, 0.25) is 0 Å². The molecule has 3 heterocycles. The first-order chi connectivity index (χ1) is 19.9. The summed E-state index contributed by atoms with van der Waals surface area (Å²) in [4.78, 5) is 42.2. The lowest BCUT2D eigenvalue weighted by Crippen LogP contribution is -2.40. The topological polar surface area (TPSA) is 96.3 Å². The Labute approximate surface area is 244 Å². The van der Waals surface area contributed by atoms with Gasteiger partial charge < -0.3 is 28.4 Å². The number of aromatic nitrogens is 1. The number of rotatable bonds is 5. The summed E-state index contributed by atoms with van der Waals surface area (Å²) < 4.78 is 39.4. The van der Waals surface area contributed by atoms with Crippen molar-refractivity contribution in [3.63, 3.8) is 0 Å². The van der Waals surface area contributed by atoms with Gasteiger partial charge in [0.05, 0.1) is 38.2 Å². The normalized spacial score (nSPS) is 16.1. The van der Waals surface area contributed by atoms with Gasteiger partial charge in [-0.25, -0.2) is 9.18 Å². The Morgan fingerprint density at radius 2 is 1.79 bits per heavy atom. The van der Waals surface area contributed by atoms with Crippen molar-refractivity contribution >= 4 is 22.6 Å². The van der Waals surface area contributed by atoms with Gasteiger partial charge in [0.25, 0.3) is 11.5 Å². The number of methoxy groups -OCH3 is 1. The van der Waals surface area contributed by atoms with Gasteiger partial charge in [-0.05, 0) is 75.2 Å². The van der Waals surface area contributed by atoms with Crippen LogP contribution in [0.2, 0.25) is 0 Å². The summed E-state index contributed by atoms with van der Waals surface area (Å²) in [6, 6.07) is 6.33. The zero-order chi connectivity index (χ0) is 30.3. The fourth-order valence-corrected chi connectivity index (χ4v) is 5.80. The lowest BCUT2D eigenvalue weighted by molar-refractivity contribution is -0.165. The molecule has 0 saturated carbocycles. The SMILES string of the molecule is COC(=O)C(OC(C)(C)C)c1c(-c2cc(F)c3c(c2C)CCCO3)c2ccc(C(=O)N3CCOCC3)cc2c(=O)n1C. The van der Waals surface area contributed by atoms with E-state index >= 15 is 4.39 Å². The van der Waals surface area contributed by atoms with Crippen LogP contribution in [0.4, 0.5) is 4.39 Å². The van der Waals surface area contributed by atoms with Crippen molar-refractivity contribution < 1.29 is 32.9 Å². The average molecular weight is 581 g/mol. The van der Waals surface area contributed by atoms with E-state index in [0.717, 1.165) is 17.5 Å². The average Bonchev–Trinajstić information content (AvgIpc) is 2.98. The Balaban J connectivity index is 1.84. The summed E-state index contributed by atoms with van der Waals surface area (Å²) in [6.45, 7) is 9.52. The Morgan fingerprint density at radius 1 is 1.07 bits per heavy atom. The van der Waals surface area contributed by atoms with E-state index in [1.54, 1.807) is 50.9 Å². The Morgan fingerprint density at radius 3 is 2.45 bits per heavy atom. The molecule has 1 atom stereocenters. The molecule has 42 heavy (non-hydrogen) atoms. The van der Waals surface area contributed by atoms with Gasteiger partial charge in [0, 0.05) is 42.2 Å². The van der Waals surface area contributed by atoms with Crippen molar-refractivity contribution in [2.75, 3.05) is 40.0 Å². The number of pyridine rings is 1. The Hall–Kier alpha value is -3.76. The number of amides is 1. The van der Waals surface area contributed by atoms with Gasteiger partial charge in [-0.2, -0.15) is 0 Å². The van der Waals surface area contributed by atoms with Gasteiger partial charge in [-0.15, -0.1) is 0 Å². The first-order valence-corrected chi connectivity index (χ1v) is 14.2. The second kappa shape index (κ2) is 11.5. The number of carbonyl (C=O) groups excluding carboxylic acids is 2. The largest absolute Gasteiger partial charge is 0.490 e. The number of hydrogen-bond acceptors (Lipinski definition) is 7. The minimum atomic E-state index is -1.29. The summed E-state index contributed by atoms with van der Waals surface area (Å²) >= 11 is 0. The Bertz CT molecular complexity index is 1620. The van der Waals surface area contributed by atoms with Gasteiger partial charge >= 0.3 is 5.97 Å². The molecule has 2 aliphatic rings. The molecule has 0 N–H and O–H groups in total. The number of esters is 1. The number of benzene rings is 2. The number of morpholine rings is 1. The third-order valence-electron chi connectivity index (χ3n) is 7.83. The highest BCUT2D eigenvalue weighted by atomic mass is 19.1. The fourth-order valence-electron chi connectivity index (χ4n) is 5.80. The highest BCUT2D eigenvalue weighted by molar-refractivity contribution is 6.04. The van der Waals surface area contributed by atoms with Gasteiger partial charge in [0.1, 0.15) is 0 Å². The van der Waals surface area contributed by atoms with E-state index in [2.05, 4.69) is 0 Å². The van der Waals surface area contributed by atoms with Gasteiger partial charge in [-0.3, -0.25) is 9.59 Å². The number of halogens is 1. The maximum atomic E-state index is 15.6. The summed E-state index contributed by atoms with van der Waals surface area (Å²) in [5.41, 5.74) is 1.87. The molecule has 3 aromatic rings. The quantitative estimate of drug-likeness (QED) is 0.411. The van der Waals surface area contributed by atoms with Crippen molar-refractivity contribution in [2.24, 2.45) is 7.05 Å². The van der Waals surface area contributed by atoms with E-state index in [0.29, 0.717) is 61.4 Å². The van der Waals surface area contributed by atoms with Crippen LogP contribution in [-0.4, -0.2) is 67.0 Å². The van der Waals surface area contributed by atoms with Crippen molar-refractivity contribution in [1.29, 1.82) is 0 Å². The molecule has 2 aromatic carbocycles. The van der Waals surface area contributed by atoms with Crippen LogP contribution in [0.1, 0.15) is 60.5 Å². The van der Waals surface area contributed by atoms with E-state index < -0.39 is 29.1 Å². The van der Waals surface area contributed by atoms with Crippen LogP contribution in [0, 0.1) is 12.7 Å². The molecule has 0 spiro atoms. The molecule has 5 rings (SSSR count). The molecule has 10 heteroatoms. The minimum Gasteiger partial charge on any atom is -0.490 e. The monoisotopic (exact) mass is 580 g/mol. The van der Waals surface area contributed by atoms with E-state index in [1.807, 2.05) is 6.92 Å². The van der Waals surface area contributed by atoms with Crippen LogP contribution >= 0.6 is 0 Å². The molecule has 224 valence electrons. The van der Waals surface area contributed by atoms with Crippen LogP contribution in [0.3, 0.4) is 0 Å². The van der Waals surface area contributed by atoms with E-state index in [1.165, 1.54) is 17.7 Å². The Kier molecular flexibility index (Phi) is 8.13. The number of nitrogens with zero attached hydrogens (tertiary/aromatic N) is 2. The molecular weight excluding hydrogens is 543 g/mol. The van der Waals surface area contributed by atoms with Gasteiger partial charge in [0.15, 0.2) is 17.7 Å². The predicted molar refractivity (Wildman–Crippen MR) is 155 cm³/mol.